The zero-order valence-corrected chi connectivity index (χ0v) is 13.6. The Kier molecular flexibility index (Phi) is 5.26. The van der Waals surface area contributed by atoms with Crippen LogP contribution in [-0.4, -0.2) is 32.8 Å². The maximum atomic E-state index is 4.59. The summed E-state index contributed by atoms with van der Waals surface area (Å²) in [6.45, 7) is 5.53. The lowest BCUT2D eigenvalue weighted by atomic mass is 10.2. The summed E-state index contributed by atoms with van der Waals surface area (Å²) in [6.07, 6.45) is 1.54. The Hall–Kier alpha value is -1.96. The number of guanidine groups is 1. The second-order valence-corrected chi connectivity index (χ2v) is 5.80. The van der Waals surface area contributed by atoms with Gasteiger partial charge in [-0.25, -0.2) is 9.97 Å². The summed E-state index contributed by atoms with van der Waals surface area (Å²) in [6, 6.07) is 0. The van der Waals surface area contributed by atoms with Crippen molar-refractivity contribution in [2.45, 2.75) is 32.9 Å². The summed E-state index contributed by atoms with van der Waals surface area (Å²) in [5, 5.41) is 13.7. The van der Waals surface area contributed by atoms with Gasteiger partial charge >= 0.3 is 0 Å². The first kappa shape index (κ1) is 15.4. The summed E-state index contributed by atoms with van der Waals surface area (Å²) in [4.78, 5) is 12.9. The van der Waals surface area contributed by atoms with Crippen LogP contribution in [0.15, 0.2) is 16.7 Å². The van der Waals surface area contributed by atoms with E-state index in [0.717, 1.165) is 22.5 Å². The van der Waals surface area contributed by atoms with Gasteiger partial charge in [-0.15, -0.1) is 11.3 Å². The highest BCUT2D eigenvalue weighted by molar-refractivity contribution is 7.09. The van der Waals surface area contributed by atoms with Crippen molar-refractivity contribution in [3.63, 3.8) is 0 Å². The fraction of sp³-hybridized carbons (Fsp3) is 0.538. The summed E-state index contributed by atoms with van der Waals surface area (Å²) >= 11 is 1.70. The van der Waals surface area contributed by atoms with Crippen molar-refractivity contribution in [1.29, 1.82) is 0 Å². The highest BCUT2D eigenvalue weighted by Crippen LogP contribution is 2.18. The quantitative estimate of drug-likeness (QED) is 0.642. The molecular formula is C13H21N7S. The van der Waals surface area contributed by atoms with Crippen molar-refractivity contribution in [3.8, 4) is 0 Å². The van der Waals surface area contributed by atoms with Crippen LogP contribution in [0.3, 0.4) is 0 Å². The molecule has 2 rings (SSSR count). The lowest BCUT2D eigenvalue weighted by Crippen LogP contribution is -2.37. The fourth-order valence-corrected chi connectivity index (χ4v) is 2.54. The molecule has 0 saturated heterocycles. The third-order valence-corrected chi connectivity index (χ3v) is 4.14. The third-order valence-electron chi connectivity index (χ3n) is 2.94. The van der Waals surface area contributed by atoms with Gasteiger partial charge in [0.15, 0.2) is 5.96 Å². The zero-order valence-electron chi connectivity index (χ0n) is 12.8. The van der Waals surface area contributed by atoms with Crippen molar-refractivity contribution >= 4 is 17.3 Å². The first-order valence-corrected chi connectivity index (χ1v) is 7.69. The smallest absolute Gasteiger partial charge is 0.191 e. The summed E-state index contributed by atoms with van der Waals surface area (Å²) in [5.74, 6) is 2.04. The lowest BCUT2D eigenvalue weighted by Gasteiger charge is -2.10. The molecule has 0 amide bonds. The van der Waals surface area contributed by atoms with Gasteiger partial charge in [0.05, 0.1) is 23.8 Å². The molecular weight excluding hydrogens is 286 g/mol. The fourth-order valence-electron chi connectivity index (χ4n) is 1.71. The molecule has 0 unspecified atom stereocenters. The van der Waals surface area contributed by atoms with E-state index in [9.17, 15) is 0 Å². The number of nitrogens with zero attached hydrogens (tertiary/aromatic N) is 5. The Labute approximate surface area is 128 Å². The minimum absolute atomic E-state index is 0.470. The molecule has 0 saturated carbocycles. The molecule has 0 spiro atoms. The summed E-state index contributed by atoms with van der Waals surface area (Å²) in [7, 11) is 3.61. The standard InChI is InChI=1S/C13H21N7S/c1-9(2)12-19-10(7-21-12)5-15-13(14-3)16-6-11-17-8-18-20(11)4/h7-9H,5-6H2,1-4H3,(H2,14,15,16). The molecule has 0 aliphatic carbocycles. The van der Waals surface area contributed by atoms with E-state index in [1.54, 1.807) is 23.1 Å². The topological polar surface area (TPSA) is 80.0 Å². The molecule has 114 valence electrons. The van der Waals surface area contributed by atoms with E-state index in [1.807, 2.05) is 7.05 Å². The number of hydrogen-bond donors (Lipinski definition) is 2. The van der Waals surface area contributed by atoms with Crippen LogP contribution >= 0.6 is 11.3 Å². The Balaban J connectivity index is 1.83. The molecule has 7 nitrogen and oxygen atoms in total. The van der Waals surface area contributed by atoms with Crippen molar-refractivity contribution in [3.05, 3.63) is 28.2 Å². The van der Waals surface area contributed by atoms with Crippen LogP contribution in [0.2, 0.25) is 0 Å². The lowest BCUT2D eigenvalue weighted by molar-refractivity contribution is 0.672. The molecule has 2 aromatic heterocycles. The number of aliphatic imine (C=N–C) groups is 1. The van der Waals surface area contributed by atoms with Crippen LogP contribution in [0.25, 0.3) is 0 Å². The van der Waals surface area contributed by atoms with Gasteiger partial charge < -0.3 is 10.6 Å². The van der Waals surface area contributed by atoms with Crippen LogP contribution < -0.4 is 10.6 Å². The number of nitrogens with one attached hydrogen (secondary N) is 2. The number of rotatable bonds is 5. The predicted octanol–water partition coefficient (Wildman–Crippen LogP) is 1.26. The van der Waals surface area contributed by atoms with Crippen LogP contribution in [0.1, 0.15) is 36.3 Å². The molecule has 0 aliphatic rings. The average Bonchev–Trinajstić information content (AvgIpc) is 3.08. The maximum Gasteiger partial charge on any atom is 0.191 e. The van der Waals surface area contributed by atoms with Crippen molar-refractivity contribution < 1.29 is 0 Å². The monoisotopic (exact) mass is 307 g/mol. The van der Waals surface area contributed by atoms with Crippen LogP contribution in [0.5, 0.6) is 0 Å². The maximum absolute atomic E-state index is 4.59. The normalized spacial score (nSPS) is 12.0. The number of aromatic nitrogens is 4. The largest absolute Gasteiger partial charge is 0.351 e. The van der Waals surface area contributed by atoms with Gasteiger partial charge in [-0.2, -0.15) is 5.10 Å². The SMILES string of the molecule is CN=C(NCc1csc(C(C)C)n1)NCc1ncnn1C. The first-order chi connectivity index (χ1) is 10.1. The van der Waals surface area contributed by atoms with Gasteiger partial charge in [0, 0.05) is 25.4 Å². The van der Waals surface area contributed by atoms with Gasteiger partial charge in [0.1, 0.15) is 12.2 Å². The van der Waals surface area contributed by atoms with E-state index in [2.05, 4.69) is 49.9 Å². The van der Waals surface area contributed by atoms with E-state index < -0.39 is 0 Å². The molecule has 0 aliphatic heterocycles. The van der Waals surface area contributed by atoms with Gasteiger partial charge in [0.25, 0.3) is 0 Å². The Morgan fingerprint density at radius 3 is 2.71 bits per heavy atom. The van der Waals surface area contributed by atoms with E-state index >= 15 is 0 Å². The molecule has 0 aromatic carbocycles. The molecule has 21 heavy (non-hydrogen) atoms. The molecule has 0 bridgehead atoms. The molecule has 0 radical (unpaired) electrons. The van der Waals surface area contributed by atoms with Gasteiger partial charge in [-0.1, -0.05) is 13.8 Å². The third kappa shape index (κ3) is 4.25. The Morgan fingerprint density at radius 2 is 2.14 bits per heavy atom. The highest BCUT2D eigenvalue weighted by atomic mass is 32.1. The van der Waals surface area contributed by atoms with Crippen molar-refractivity contribution in [2.75, 3.05) is 7.05 Å². The molecule has 2 N–H and O–H groups in total. The van der Waals surface area contributed by atoms with Crippen molar-refractivity contribution in [1.82, 2.24) is 30.4 Å². The molecule has 2 aromatic rings. The van der Waals surface area contributed by atoms with Gasteiger partial charge in [-0.3, -0.25) is 9.67 Å². The average molecular weight is 307 g/mol. The zero-order chi connectivity index (χ0) is 15.2. The first-order valence-electron chi connectivity index (χ1n) is 6.81. The Bertz CT molecular complexity index is 599. The van der Waals surface area contributed by atoms with Crippen molar-refractivity contribution in [2.24, 2.45) is 12.0 Å². The van der Waals surface area contributed by atoms with Crippen LogP contribution in [0, 0.1) is 0 Å². The minimum Gasteiger partial charge on any atom is -0.351 e. The van der Waals surface area contributed by atoms with E-state index in [0.29, 0.717) is 19.0 Å². The highest BCUT2D eigenvalue weighted by Gasteiger charge is 2.07. The molecule has 2 heterocycles. The second-order valence-electron chi connectivity index (χ2n) is 4.91. The second kappa shape index (κ2) is 7.16. The van der Waals surface area contributed by atoms with E-state index in [-0.39, 0.29) is 0 Å². The number of thiazole rings is 1. The van der Waals surface area contributed by atoms with Crippen LogP contribution in [-0.2, 0) is 20.1 Å². The Morgan fingerprint density at radius 1 is 1.38 bits per heavy atom. The van der Waals surface area contributed by atoms with Gasteiger partial charge in [0.2, 0.25) is 0 Å². The van der Waals surface area contributed by atoms with E-state index in [4.69, 9.17) is 0 Å². The number of hydrogen-bond acceptors (Lipinski definition) is 5. The predicted molar refractivity (Wildman–Crippen MR) is 84.2 cm³/mol. The summed E-state index contributed by atoms with van der Waals surface area (Å²) < 4.78 is 1.73. The molecule has 0 atom stereocenters. The minimum atomic E-state index is 0.470. The van der Waals surface area contributed by atoms with Crippen LogP contribution in [0.4, 0.5) is 0 Å². The number of aryl methyl sites for hydroxylation is 1. The van der Waals surface area contributed by atoms with E-state index in [1.165, 1.54) is 6.33 Å². The van der Waals surface area contributed by atoms with Gasteiger partial charge in [-0.05, 0) is 0 Å². The summed E-state index contributed by atoms with van der Waals surface area (Å²) in [5.41, 5.74) is 1.03. The molecule has 8 heteroatoms. The molecule has 0 fully saturated rings.